The van der Waals surface area contributed by atoms with Gasteiger partial charge in [-0.15, -0.1) is 11.3 Å². The molecular formula is C16H20Br2N2S. The molecule has 0 bridgehead atoms. The number of hydrogen-bond donors (Lipinski definition) is 1. The summed E-state index contributed by atoms with van der Waals surface area (Å²) in [5, 5.41) is 5.62. The van der Waals surface area contributed by atoms with E-state index in [1.807, 2.05) is 0 Å². The van der Waals surface area contributed by atoms with Crippen LogP contribution in [-0.4, -0.2) is 13.6 Å². The molecule has 2 nitrogen and oxygen atoms in total. The monoisotopic (exact) mass is 430 g/mol. The summed E-state index contributed by atoms with van der Waals surface area (Å²) in [5.41, 5.74) is 3.86. The van der Waals surface area contributed by atoms with Crippen molar-refractivity contribution in [2.75, 3.05) is 18.5 Å². The number of hydrogen-bond acceptors (Lipinski definition) is 3. The molecule has 2 aromatic rings. The molecule has 0 radical (unpaired) electrons. The first-order chi connectivity index (χ1) is 10.1. The molecule has 114 valence electrons. The van der Waals surface area contributed by atoms with E-state index in [2.05, 4.69) is 85.7 Å². The van der Waals surface area contributed by atoms with Crippen molar-refractivity contribution in [2.45, 2.75) is 26.4 Å². The van der Waals surface area contributed by atoms with Crippen LogP contribution in [0.1, 0.15) is 24.5 Å². The standard InChI is InChI=1S/C16H20Br2N2S/c1-3-6-19-9-12-4-5-15(14(17)7-12)20(2)10-13-8-16(18)21-11-13/h4-5,7-8,11,19H,3,6,9-10H2,1-2H3. The zero-order valence-corrected chi connectivity index (χ0v) is 16.3. The largest absolute Gasteiger partial charge is 0.369 e. The number of thiophene rings is 1. The van der Waals surface area contributed by atoms with Gasteiger partial charge >= 0.3 is 0 Å². The van der Waals surface area contributed by atoms with Crippen LogP contribution in [0.2, 0.25) is 0 Å². The fourth-order valence-electron chi connectivity index (χ4n) is 2.17. The summed E-state index contributed by atoms with van der Waals surface area (Å²) in [7, 11) is 2.13. The van der Waals surface area contributed by atoms with Crippen molar-refractivity contribution < 1.29 is 0 Å². The molecule has 0 amide bonds. The minimum atomic E-state index is 0.911. The van der Waals surface area contributed by atoms with Crippen LogP contribution < -0.4 is 10.2 Å². The van der Waals surface area contributed by atoms with Gasteiger partial charge in [0, 0.05) is 24.6 Å². The summed E-state index contributed by atoms with van der Waals surface area (Å²) in [6.45, 7) is 5.08. The lowest BCUT2D eigenvalue weighted by atomic mass is 10.2. The van der Waals surface area contributed by atoms with Gasteiger partial charge in [-0.2, -0.15) is 0 Å². The van der Waals surface area contributed by atoms with Gasteiger partial charge in [0.1, 0.15) is 0 Å². The highest BCUT2D eigenvalue weighted by Gasteiger charge is 2.08. The first kappa shape index (κ1) is 17.0. The van der Waals surface area contributed by atoms with Crippen LogP contribution in [0.3, 0.4) is 0 Å². The number of rotatable bonds is 7. The molecular weight excluding hydrogens is 412 g/mol. The zero-order chi connectivity index (χ0) is 15.2. The van der Waals surface area contributed by atoms with Gasteiger partial charge in [0.05, 0.1) is 9.47 Å². The Bertz CT molecular complexity index is 583. The Morgan fingerprint density at radius 1 is 1.19 bits per heavy atom. The molecule has 0 saturated carbocycles. The van der Waals surface area contributed by atoms with Gasteiger partial charge in [0.15, 0.2) is 0 Å². The maximum absolute atomic E-state index is 3.70. The maximum atomic E-state index is 3.70. The number of benzene rings is 1. The Kier molecular flexibility index (Phi) is 6.74. The summed E-state index contributed by atoms with van der Waals surface area (Å²) < 4.78 is 2.33. The molecule has 2 rings (SSSR count). The van der Waals surface area contributed by atoms with E-state index < -0.39 is 0 Å². The molecule has 5 heteroatoms. The fraction of sp³-hybridized carbons (Fsp3) is 0.375. The van der Waals surface area contributed by atoms with E-state index in [0.717, 1.165) is 30.5 Å². The number of halogens is 2. The van der Waals surface area contributed by atoms with Crippen molar-refractivity contribution in [3.05, 3.63) is 49.0 Å². The normalized spacial score (nSPS) is 10.9. The highest BCUT2D eigenvalue weighted by atomic mass is 79.9. The maximum Gasteiger partial charge on any atom is 0.0701 e. The third-order valence-electron chi connectivity index (χ3n) is 3.22. The fourth-order valence-corrected chi connectivity index (χ4v) is 4.10. The van der Waals surface area contributed by atoms with Gasteiger partial charge in [-0.25, -0.2) is 0 Å². The Balaban J connectivity index is 2.02. The van der Waals surface area contributed by atoms with Crippen LogP contribution in [0.4, 0.5) is 5.69 Å². The average molecular weight is 432 g/mol. The van der Waals surface area contributed by atoms with Gasteiger partial charge in [-0.1, -0.05) is 13.0 Å². The van der Waals surface area contributed by atoms with Crippen molar-refractivity contribution in [3.8, 4) is 0 Å². The lowest BCUT2D eigenvalue weighted by Crippen LogP contribution is -2.17. The third-order valence-corrected chi connectivity index (χ3v) is 5.41. The van der Waals surface area contributed by atoms with Crippen molar-refractivity contribution in [1.29, 1.82) is 0 Å². The minimum Gasteiger partial charge on any atom is -0.369 e. The molecule has 0 spiro atoms. The van der Waals surface area contributed by atoms with E-state index in [1.165, 1.54) is 20.6 Å². The number of nitrogens with one attached hydrogen (secondary N) is 1. The van der Waals surface area contributed by atoms with E-state index in [9.17, 15) is 0 Å². The highest BCUT2D eigenvalue weighted by molar-refractivity contribution is 9.11. The molecule has 1 aromatic heterocycles. The van der Waals surface area contributed by atoms with Gasteiger partial charge in [0.25, 0.3) is 0 Å². The van der Waals surface area contributed by atoms with Crippen LogP contribution in [0.15, 0.2) is 37.9 Å². The molecule has 0 aliphatic heterocycles. The Labute approximate surface area is 147 Å². The lowest BCUT2D eigenvalue weighted by molar-refractivity contribution is 0.675. The van der Waals surface area contributed by atoms with Crippen LogP contribution in [0.5, 0.6) is 0 Å². The Morgan fingerprint density at radius 2 is 2.00 bits per heavy atom. The van der Waals surface area contributed by atoms with E-state index in [0.29, 0.717) is 0 Å². The molecule has 0 saturated heterocycles. The second-order valence-electron chi connectivity index (χ2n) is 5.08. The summed E-state index contributed by atoms with van der Waals surface area (Å²) >= 11 is 8.94. The molecule has 21 heavy (non-hydrogen) atoms. The molecule has 0 unspecified atom stereocenters. The van der Waals surface area contributed by atoms with Crippen LogP contribution in [-0.2, 0) is 13.1 Å². The molecule has 1 aromatic carbocycles. The van der Waals surface area contributed by atoms with E-state index in [-0.39, 0.29) is 0 Å². The van der Waals surface area contributed by atoms with E-state index >= 15 is 0 Å². The predicted molar refractivity (Wildman–Crippen MR) is 100 cm³/mol. The first-order valence-corrected chi connectivity index (χ1v) is 9.50. The molecule has 1 N–H and O–H groups in total. The van der Waals surface area contributed by atoms with E-state index in [4.69, 9.17) is 0 Å². The van der Waals surface area contributed by atoms with Crippen LogP contribution in [0.25, 0.3) is 0 Å². The van der Waals surface area contributed by atoms with Crippen molar-refractivity contribution in [1.82, 2.24) is 5.32 Å². The summed E-state index contributed by atoms with van der Waals surface area (Å²) in [4.78, 5) is 2.27. The second kappa shape index (κ2) is 8.32. The van der Waals surface area contributed by atoms with Gasteiger partial charge < -0.3 is 10.2 Å². The Hall–Kier alpha value is -0.360. The minimum absolute atomic E-state index is 0.911. The molecule has 1 heterocycles. The Morgan fingerprint density at radius 3 is 2.62 bits per heavy atom. The molecule has 0 aliphatic rings. The van der Waals surface area contributed by atoms with Crippen molar-refractivity contribution in [2.24, 2.45) is 0 Å². The summed E-state index contributed by atoms with van der Waals surface area (Å²) in [6, 6.07) is 8.77. The second-order valence-corrected chi connectivity index (χ2v) is 8.22. The lowest BCUT2D eigenvalue weighted by Gasteiger charge is -2.21. The van der Waals surface area contributed by atoms with Crippen LogP contribution >= 0.6 is 43.2 Å². The van der Waals surface area contributed by atoms with Gasteiger partial charge in [-0.05, 0) is 79.5 Å². The third kappa shape index (κ3) is 5.09. The molecule has 0 fully saturated rings. The van der Waals surface area contributed by atoms with Crippen molar-refractivity contribution >= 4 is 48.9 Å². The van der Waals surface area contributed by atoms with Crippen LogP contribution in [0, 0.1) is 0 Å². The van der Waals surface area contributed by atoms with Gasteiger partial charge in [-0.3, -0.25) is 0 Å². The van der Waals surface area contributed by atoms with Crippen molar-refractivity contribution in [3.63, 3.8) is 0 Å². The highest BCUT2D eigenvalue weighted by Crippen LogP contribution is 2.29. The number of anilines is 1. The summed E-state index contributed by atoms with van der Waals surface area (Å²) in [5.74, 6) is 0. The predicted octanol–water partition coefficient (Wildman–Crippen LogP) is 5.41. The zero-order valence-electron chi connectivity index (χ0n) is 12.3. The molecule has 0 atom stereocenters. The molecule has 0 aliphatic carbocycles. The summed E-state index contributed by atoms with van der Waals surface area (Å²) in [6.07, 6.45) is 1.16. The first-order valence-electron chi connectivity index (χ1n) is 7.03. The SMILES string of the molecule is CCCNCc1ccc(N(C)Cc2csc(Br)c2)c(Br)c1. The van der Waals surface area contributed by atoms with E-state index in [1.54, 1.807) is 11.3 Å². The van der Waals surface area contributed by atoms with Gasteiger partial charge in [0.2, 0.25) is 0 Å². The quantitative estimate of drug-likeness (QED) is 0.589. The number of nitrogens with zero attached hydrogens (tertiary/aromatic N) is 1. The average Bonchev–Trinajstić information content (AvgIpc) is 2.84. The topological polar surface area (TPSA) is 15.3 Å². The smallest absolute Gasteiger partial charge is 0.0701 e.